The number of fused-ring (bicyclic) bond motifs is 7. The molecule has 0 unspecified atom stereocenters. The van der Waals surface area contributed by atoms with Gasteiger partial charge in [-0.1, -0.05) is 126 Å². The van der Waals surface area contributed by atoms with E-state index in [1.165, 1.54) is 71.7 Å². The summed E-state index contributed by atoms with van der Waals surface area (Å²) in [7, 11) is 0. The third-order valence-electron chi connectivity index (χ3n) is 10.3. The summed E-state index contributed by atoms with van der Waals surface area (Å²) in [4.78, 5) is 0. The lowest BCUT2D eigenvalue weighted by molar-refractivity contribution is 0.487. The summed E-state index contributed by atoms with van der Waals surface area (Å²) in [6.45, 7) is 14.0. The van der Waals surface area contributed by atoms with Crippen LogP contribution in [0.25, 0.3) is 49.7 Å². The largest absolute Gasteiger partial charge is 0.458 e. The molecule has 7 aromatic rings. The molecular weight excluding hydrogens is 569 g/mol. The van der Waals surface area contributed by atoms with Gasteiger partial charge in [-0.05, 0) is 97.0 Å². The number of hydrogen-bond donors (Lipinski definition) is 0. The Hall–Kier alpha value is -5.02. The molecule has 2 aliphatic heterocycles. The van der Waals surface area contributed by atoms with Gasteiger partial charge in [-0.25, -0.2) is 0 Å². The molecule has 0 amide bonds. The minimum absolute atomic E-state index is 0.00775. The van der Waals surface area contributed by atoms with Gasteiger partial charge in [0.25, 0.3) is 6.71 Å². The van der Waals surface area contributed by atoms with Gasteiger partial charge in [0.1, 0.15) is 11.5 Å². The van der Waals surface area contributed by atoms with E-state index in [4.69, 9.17) is 4.74 Å². The molecule has 0 radical (unpaired) electrons. The topological polar surface area (TPSA) is 14.2 Å². The molecule has 3 heteroatoms. The predicted octanol–water partition coefficient (Wildman–Crippen LogP) is 9.65. The summed E-state index contributed by atoms with van der Waals surface area (Å²) in [6.07, 6.45) is 0. The number of benzene rings is 6. The quantitative estimate of drug-likeness (QED) is 0.179. The fourth-order valence-corrected chi connectivity index (χ4v) is 7.79. The van der Waals surface area contributed by atoms with Gasteiger partial charge in [-0.15, -0.1) is 0 Å². The van der Waals surface area contributed by atoms with Crippen LogP contribution in [0, 0.1) is 0 Å². The van der Waals surface area contributed by atoms with Gasteiger partial charge in [-0.2, -0.15) is 0 Å². The Kier molecular flexibility index (Phi) is 5.85. The Labute approximate surface area is 277 Å². The summed E-state index contributed by atoms with van der Waals surface area (Å²) in [5, 5.41) is 2.65. The molecule has 47 heavy (non-hydrogen) atoms. The molecule has 1 aromatic heterocycles. The Morgan fingerprint density at radius 2 is 1.15 bits per heavy atom. The van der Waals surface area contributed by atoms with E-state index < -0.39 is 0 Å². The molecule has 0 atom stereocenters. The summed E-state index contributed by atoms with van der Waals surface area (Å²) in [5.41, 5.74) is 15.1. The van der Waals surface area contributed by atoms with E-state index in [0.717, 1.165) is 17.1 Å². The average molecular weight is 608 g/mol. The Bertz CT molecular complexity index is 2390. The molecule has 0 aliphatic carbocycles. The maximum Gasteiger partial charge on any atom is 0.256 e. The zero-order chi connectivity index (χ0) is 32.2. The lowest BCUT2D eigenvalue weighted by Gasteiger charge is -2.35. The van der Waals surface area contributed by atoms with Crippen LogP contribution in [0.1, 0.15) is 52.7 Å². The second kappa shape index (κ2) is 9.75. The van der Waals surface area contributed by atoms with Crippen LogP contribution >= 0.6 is 0 Å². The highest BCUT2D eigenvalue weighted by Gasteiger charge is 2.41. The standard InChI is InChI=1S/C44H38BNO/c1-43(2,3)31-18-20-37-33(24-31)34-25-32(44(4,5)6)26-36-42(34)46(37)38-21-30(28-15-11-8-12-16-28)23-40-41(38)45(36)35-19-17-29(22-39(35)47-40)27-13-9-7-10-14-27/h7-26H,1-6H3. The first-order chi connectivity index (χ1) is 22.6. The minimum atomic E-state index is -0.00775. The van der Waals surface area contributed by atoms with Crippen molar-refractivity contribution in [2.45, 2.75) is 52.4 Å². The molecule has 0 N–H and O–H groups in total. The Morgan fingerprint density at radius 3 is 1.83 bits per heavy atom. The summed E-state index contributed by atoms with van der Waals surface area (Å²) in [5.74, 6) is 1.88. The van der Waals surface area contributed by atoms with Crippen LogP contribution in [0.5, 0.6) is 11.5 Å². The first-order valence-corrected chi connectivity index (χ1v) is 16.8. The highest BCUT2D eigenvalue weighted by molar-refractivity contribution is 6.99. The molecule has 6 aromatic carbocycles. The van der Waals surface area contributed by atoms with Crippen molar-refractivity contribution in [1.82, 2.24) is 4.57 Å². The van der Waals surface area contributed by atoms with Crippen molar-refractivity contribution in [2.75, 3.05) is 0 Å². The van der Waals surface area contributed by atoms with E-state index in [9.17, 15) is 0 Å². The van der Waals surface area contributed by atoms with E-state index in [0.29, 0.717) is 0 Å². The number of hydrogen-bond acceptors (Lipinski definition) is 1. The van der Waals surface area contributed by atoms with Crippen LogP contribution in [-0.2, 0) is 10.8 Å². The molecule has 0 fully saturated rings. The second-order valence-electron chi connectivity index (χ2n) is 15.5. The van der Waals surface area contributed by atoms with Gasteiger partial charge < -0.3 is 9.30 Å². The molecule has 2 aliphatic rings. The summed E-state index contributed by atoms with van der Waals surface area (Å²) in [6, 6.07) is 44.9. The third-order valence-corrected chi connectivity index (χ3v) is 10.3. The van der Waals surface area contributed by atoms with Crippen LogP contribution in [0.4, 0.5) is 0 Å². The van der Waals surface area contributed by atoms with E-state index >= 15 is 0 Å². The van der Waals surface area contributed by atoms with Crippen molar-refractivity contribution in [3.8, 4) is 39.4 Å². The van der Waals surface area contributed by atoms with Crippen LogP contribution in [0.2, 0.25) is 0 Å². The van der Waals surface area contributed by atoms with Crippen molar-refractivity contribution in [3.63, 3.8) is 0 Å². The summed E-state index contributed by atoms with van der Waals surface area (Å²) < 4.78 is 9.53. The zero-order valence-electron chi connectivity index (χ0n) is 28.0. The zero-order valence-corrected chi connectivity index (χ0v) is 28.0. The number of nitrogens with zero attached hydrogens (tertiary/aromatic N) is 1. The summed E-state index contributed by atoms with van der Waals surface area (Å²) >= 11 is 0. The van der Waals surface area contributed by atoms with E-state index in [-0.39, 0.29) is 17.5 Å². The van der Waals surface area contributed by atoms with Crippen molar-refractivity contribution < 1.29 is 4.74 Å². The van der Waals surface area contributed by atoms with Crippen LogP contribution in [0.15, 0.2) is 121 Å². The van der Waals surface area contributed by atoms with E-state index in [1.54, 1.807) is 0 Å². The average Bonchev–Trinajstić information content (AvgIpc) is 3.40. The molecule has 2 nitrogen and oxygen atoms in total. The number of aromatic nitrogens is 1. The maximum atomic E-state index is 7.00. The monoisotopic (exact) mass is 607 g/mol. The normalized spacial score (nSPS) is 13.4. The third kappa shape index (κ3) is 4.26. The fourth-order valence-electron chi connectivity index (χ4n) is 7.79. The molecule has 0 spiro atoms. The molecule has 9 rings (SSSR count). The van der Waals surface area contributed by atoms with Crippen LogP contribution in [-0.4, -0.2) is 11.3 Å². The first kappa shape index (κ1) is 28.2. The highest BCUT2D eigenvalue weighted by atomic mass is 16.5. The maximum absolute atomic E-state index is 7.00. The van der Waals surface area contributed by atoms with Gasteiger partial charge in [-0.3, -0.25) is 0 Å². The number of rotatable bonds is 2. The molecule has 0 saturated heterocycles. The molecule has 3 heterocycles. The lowest BCUT2D eigenvalue weighted by Crippen LogP contribution is -2.58. The Balaban J connectivity index is 1.42. The van der Waals surface area contributed by atoms with Gasteiger partial charge >= 0.3 is 0 Å². The molecule has 0 bridgehead atoms. The SMILES string of the molecule is CC(C)(C)c1ccc2c(c1)c1cc(C(C)(C)C)cc3c1n2-c1cc(-c2ccccc2)cc2c1B3c1ccc(-c3ccccc3)cc1O2. The van der Waals surface area contributed by atoms with E-state index in [1.807, 2.05) is 0 Å². The van der Waals surface area contributed by atoms with E-state index in [2.05, 4.69) is 167 Å². The van der Waals surface area contributed by atoms with Crippen molar-refractivity contribution in [1.29, 1.82) is 0 Å². The van der Waals surface area contributed by atoms with Gasteiger partial charge in [0.05, 0.1) is 5.52 Å². The molecular formula is C44H38BNO. The molecule has 0 saturated carbocycles. The van der Waals surface area contributed by atoms with Crippen LogP contribution < -0.4 is 21.1 Å². The Morgan fingerprint density at radius 1 is 0.511 bits per heavy atom. The smallest absolute Gasteiger partial charge is 0.256 e. The van der Waals surface area contributed by atoms with Gasteiger partial charge in [0, 0.05) is 22.0 Å². The predicted molar refractivity (Wildman–Crippen MR) is 200 cm³/mol. The van der Waals surface area contributed by atoms with Crippen molar-refractivity contribution in [2.24, 2.45) is 0 Å². The minimum Gasteiger partial charge on any atom is -0.458 e. The van der Waals surface area contributed by atoms with Gasteiger partial charge in [0.2, 0.25) is 0 Å². The fraction of sp³-hybridized carbons (Fsp3) is 0.182. The van der Waals surface area contributed by atoms with Crippen molar-refractivity contribution in [3.05, 3.63) is 132 Å². The van der Waals surface area contributed by atoms with Gasteiger partial charge in [0.15, 0.2) is 0 Å². The first-order valence-electron chi connectivity index (χ1n) is 16.8. The molecule has 228 valence electrons. The number of ether oxygens (including phenoxy) is 1. The second-order valence-corrected chi connectivity index (χ2v) is 15.5. The van der Waals surface area contributed by atoms with Crippen LogP contribution in [0.3, 0.4) is 0 Å². The van der Waals surface area contributed by atoms with Crippen molar-refractivity contribution >= 4 is 44.9 Å². The lowest BCUT2D eigenvalue weighted by atomic mass is 9.34. The highest BCUT2D eigenvalue weighted by Crippen LogP contribution is 2.42.